The Balaban J connectivity index is 1.88. The number of alkyl halides is 3. The van der Waals surface area contributed by atoms with E-state index in [0.717, 1.165) is 23.9 Å². The number of benzene rings is 1. The summed E-state index contributed by atoms with van der Waals surface area (Å²) in [4.78, 5) is 21.9. The lowest BCUT2D eigenvalue weighted by molar-refractivity contribution is -0.141. The van der Waals surface area contributed by atoms with Crippen LogP contribution in [0, 0.1) is 0 Å². The van der Waals surface area contributed by atoms with Crippen LogP contribution in [0.25, 0.3) is 11.3 Å². The molecule has 2 heterocycles. The van der Waals surface area contributed by atoms with Gasteiger partial charge in [-0.25, -0.2) is 4.98 Å². The van der Waals surface area contributed by atoms with Gasteiger partial charge >= 0.3 is 6.18 Å². The Morgan fingerprint density at radius 2 is 1.93 bits per heavy atom. The largest absolute Gasteiger partial charge is 0.433 e. The van der Waals surface area contributed by atoms with Crippen LogP contribution in [0.5, 0.6) is 0 Å². The maximum absolute atomic E-state index is 12.8. The molecule has 0 bridgehead atoms. The number of anilines is 1. The van der Waals surface area contributed by atoms with Gasteiger partial charge < -0.3 is 0 Å². The maximum atomic E-state index is 12.8. The molecule has 0 aliphatic rings. The van der Waals surface area contributed by atoms with E-state index in [4.69, 9.17) is 0 Å². The molecule has 0 saturated carbocycles. The second-order valence-corrected chi connectivity index (χ2v) is 6.35. The number of thiazole rings is 1. The highest BCUT2D eigenvalue weighted by Crippen LogP contribution is 2.30. The first-order chi connectivity index (χ1) is 12.9. The minimum Gasteiger partial charge on any atom is -0.280 e. The van der Waals surface area contributed by atoms with Gasteiger partial charge in [-0.05, 0) is 12.1 Å². The highest BCUT2D eigenvalue weighted by atomic mass is 32.1. The normalized spacial score (nSPS) is 11.2. The average molecular weight is 389 g/mol. The van der Waals surface area contributed by atoms with E-state index < -0.39 is 17.8 Å². The van der Waals surface area contributed by atoms with Crippen LogP contribution < -0.4 is 4.90 Å². The predicted molar refractivity (Wildman–Crippen MR) is 98.7 cm³/mol. The molecule has 138 valence electrons. The van der Waals surface area contributed by atoms with Crippen LogP contribution in [0.15, 0.2) is 66.7 Å². The minimum absolute atomic E-state index is 0.0429. The summed E-state index contributed by atoms with van der Waals surface area (Å²) in [5.74, 6) is -0.495. The van der Waals surface area contributed by atoms with Crippen LogP contribution in [-0.2, 0) is 6.18 Å². The summed E-state index contributed by atoms with van der Waals surface area (Å²) in [7, 11) is 0. The molecule has 0 atom stereocenters. The topological polar surface area (TPSA) is 46.1 Å². The lowest BCUT2D eigenvalue weighted by Crippen LogP contribution is -2.31. The predicted octanol–water partition coefficient (Wildman–Crippen LogP) is 5.06. The molecule has 0 aliphatic carbocycles. The number of pyridine rings is 1. The van der Waals surface area contributed by atoms with E-state index in [1.807, 2.05) is 35.7 Å². The van der Waals surface area contributed by atoms with Crippen molar-refractivity contribution >= 4 is 22.4 Å². The van der Waals surface area contributed by atoms with Gasteiger partial charge in [-0.1, -0.05) is 36.4 Å². The summed E-state index contributed by atoms with van der Waals surface area (Å²) in [6.07, 6.45) is -2.10. The first kappa shape index (κ1) is 18.8. The van der Waals surface area contributed by atoms with Crippen LogP contribution >= 0.6 is 11.3 Å². The van der Waals surface area contributed by atoms with Crippen molar-refractivity contribution in [2.75, 3.05) is 11.4 Å². The van der Waals surface area contributed by atoms with Gasteiger partial charge in [0.15, 0.2) is 5.13 Å². The number of hydrogen-bond acceptors (Lipinski definition) is 4. The van der Waals surface area contributed by atoms with Gasteiger partial charge in [0.05, 0.1) is 11.3 Å². The lowest BCUT2D eigenvalue weighted by atomic mass is 10.2. The molecule has 27 heavy (non-hydrogen) atoms. The molecule has 0 fully saturated rings. The zero-order valence-electron chi connectivity index (χ0n) is 14.0. The van der Waals surface area contributed by atoms with Gasteiger partial charge in [-0.2, -0.15) is 13.2 Å². The Bertz CT molecular complexity index is 937. The van der Waals surface area contributed by atoms with Crippen LogP contribution in [0.3, 0.4) is 0 Å². The number of carbonyl (C=O) groups excluding carboxylic acids is 1. The van der Waals surface area contributed by atoms with Gasteiger partial charge in [0.2, 0.25) is 0 Å². The summed E-state index contributed by atoms with van der Waals surface area (Å²) < 4.78 is 37.9. The first-order valence-electron chi connectivity index (χ1n) is 7.87. The van der Waals surface area contributed by atoms with Crippen molar-refractivity contribution in [3.63, 3.8) is 0 Å². The Labute approximate surface area is 157 Å². The molecular weight excluding hydrogens is 375 g/mol. The third-order valence-corrected chi connectivity index (χ3v) is 4.51. The van der Waals surface area contributed by atoms with Crippen LogP contribution in [0.4, 0.5) is 18.3 Å². The molecule has 3 rings (SSSR count). The van der Waals surface area contributed by atoms with Crippen LogP contribution in [0.1, 0.15) is 16.1 Å². The fourth-order valence-electron chi connectivity index (χ4n) is 2.35. The van der Waals surface area contributed by atoms with E-state index >= 15 is 0 Å². The Hall–Kier alpha value is -3.00. The summed E-state index contributed by atoms with van der Waals surface area (Å²) >= 11 is 1.27. The number of rotatable bonds is 5. The molecule has 0 radical (unpaired) electrons. The SMILES string of the molecule is C=CCN(C(=O)c1ccc(C(F)(F)F)nc1)c1nc(-c2ccccc2)cs1. The van der Waals surface area contributed by atoms with Crippen molar-refractivity contribution in [3.8, 4) is 11.3 Å². The molecule has 3 aromatic rings. The number of halogens is 3. The van der Waals surface area contributed by atoms with E-state index in [-0.39, 0.29) is 12.1 Å². The van der Waals surface area contributed by atoms with E-state index in [9.17, 15) is 18.0 Å². The van der Waals surface area contributed by atoms with Gasteiger partial charge in [0.1, 0.15) is 5.69 Å². The van der Waals surface area contributed by atoms with Gasteiger partial charge in [-0.15, -0.1) is 17.9 Å². The standard InChI is InChI=1S/C19H14F3N3OS/c1-2-10-25(17(26)14-8-9-16(23-11-14)19(20,21)22)18-24-15(12-27-18)13-6-4-3-5-7-13/h2-9,11-12H,1,10H2. The number of aromatic nitrogens is 2. The molecule has 1 aromatic carbocycles. The van der Waals surface area contributed by atoms with Crippen molar-refractivity contribution in [2.45, 2.75) is 6.18 Å². The molecule has 0 spiro atoms. The lowest BCUT2D eigenvalue weighted by Gasteiger charge is -2.18. The fraction of sp³-hybridized carbons (Fsp3) is 0.105. The molecule has 2 aromatic heterocycles. The summed E-state index contributed by atoms with van der Waals surface area (Å²) in [6.45, 7) is 3.80. The highest BCUT2D eigenvalue weighted by molar-refractivity contribution is 7.14. The zero-order chi connectivity index (χ0) is 19.4. The summed E-state index contributed by atoms with van der Waals surface area (Å²) in [5, 5.41) is 2.25. The second kappa shape index (κ2) is 7.71. The van der Waals surface area contributed by atoms with Gasteiger partial charge in [0, 0.05) is 23.7 Å². The third-order valence-electron chi connectivity index (χ3n) is 3.65. The smallest absolute Gasteiger partial charge is 0.280 e. The first-order valence-corrected chi connectivity index (χ1v) is 8.75. The number of carbonyl (C=O) groups is 1. The second-order valence-electron chi connectivity index (χ2n) is 5.52. The number of nitrogens with zero attached hydrogens (tertiary/aromatic N) is 3. The molecule has 4 nitrogen and oxygen atoms in total. The van der Waals surface area contributed by atoms with Crippen molar-refractivity contribution in [1.29, 1.82) is 0 Å². The minimum atomic E-state index is -4.55. The maximum Gasteiger partial charge on any atom is 0.433 e. The van der Waals surface area contributed by atoms with Crippen molar-refractivity contribution in [1.82, 2.24) is 9.97 Å². The van der Waals surface area contributed by atoms with Crippen molar-refractivity contribution < 1.29 is 18.0 Å². The zero-order valence-corrected chi connectivity index (χ0v) is 14.8. The Morgan fingerprint density at radius 3 is 2.52 bits per heavy atom. The molecule has 0 aliphatic heterocycles. The van der Waals surface area contributed by atoms with Crippen LogP contribution in [0.2, 0.25) is 0 Å². The van der Waals surface area contributed by atoms with E-state index in [1.165, 1.54) is 22.3 Å². The third kappa shape index (κ3) is 4.22. The molecular formula is C19H14F3N3OS. The summed E-state index contributed by atoms with van der Waals surface area (Å²) in [6, 6.07) is 11.4. The van der Waals surface area contributed by atoms with Gasteiger partial charge in [0.25, 0.3) is 5.91 Å². The monoisotopic (exact) mass is 389 g/mol. The van der Waals surface area contributed by atoms with E-state index in [1.54, 1.807) is 0 Å². The van der Waals surface area contributed by atoms with Crippen molar-refractivity contribution in [3.05, 3.63) is 78.0 Å². The molecule has 8 heteroatoms. The van der Waals surface area contributed by atoms with Crippen molar-refractivity contribution in [2.24, 2.45) is 0 Å². The number of amides is 1. The summed E-state index contributed by atoms with van der Waals surface area (Å²) in [5.41, 5.74) is 0.612. The highest BCUT2D eigenvalue weighted by Gasteiger charge is 2.32. The Morgan fingerprint density at radius 1 is 1.19 bits per heavy atom. The fourth-order valence-corrected chi connectivity index (χ4v) is 3.19. The molecule has 0 unspecified atom stereocenters. The molecule has 1 amide bonds. The Kier molecular flexibility index (Phi) is 5.36. The number of hydrogen-bond donors (Lipinski definition) is 0. The average Bonchev–Trinajstić information content (AvgIpc) is 3.15. The van der Waals surface area contributed by atoms with E-state index in [2.05, 4.69) is 16.5 Å². The van der Waals surface area contributed by atoms with E-state index in [0.29, 0.717) is 10.8 Å². The molecule has 0 saturated heterocycles. The van der Waals surface area contributed by atoms with Crippen LogP contribution in [-0.4, -0.2) is 22.4 Å². The van der Waals surface area contributed by atoms with Gasteiger partial charge in [-0.3, -0.25) is 14.7 Å². The molecule has 0 N–H and O–H groups in total. The quantitative estimate of drug-likeness (QED) is 0.573.